The van der Waals surface area contributed by atoms with E-state index in [2.05, 4.69) is 22.6 Å². The van der Waals surface area contributed by atoms with Crippen molar-refractivity contribution in [2.24, 2.45) is 5.41 Å². The first kappa shape index (κ1) is 13.0. The summed E-state index contributed by atoms with van der Waals surface area (Å²) in [6, 6.07) is 0. The predicted octanol–water partition coefficient (Wildman–Crippen LogP) is 3.64. The van der Waals surface area contributed by atoms with E-state index in [9.17, 15) is 0 Å². The Balaban J connectivity index is 1.95. The maximum Gasteiger partial charge on any atom is 0.0794 e. The number of rotatable bonds is 6. The molecule has 2 nitrogen and oxygen atoms in total. The van der Waals surface area contributed by atoms with Gasteiger partial charge >= 0.3 is 0 Å². The Hall–Kier alpha value is -0.410. The van der Waals surface area contributed by atoms with E-state index in [4.69, 9.17) is 0 Å². The van der Waals surface area contributed by atoms with E-state index in [1.807, 2.05) is 5.51 Å². The highest BCUT2D eigenvalue weighted by atomic mass is 32.1. The van der Waals surface area contributed by atoms with E-state index < -0.39 is 0 Å². The lowest BCUT2D eigenvalue weighted by atomic mass is 9.71. The highest BCUT2D eigenvalue weighted by molar-refractivity contribution is 7.07. The van der Waals surface area contributed by atoms with Crippen molar-refractivity contribution in [1.29, 1.82) is 0 Å². The molecule has 0 saturated heterocycles. The first-order valence-electron chi connectivity index (χ1n) is 6.92. The van der Waals surface area contributed by atoms with Crippen molar-refractivity contribution in [3.8, 4) is 0 Å². The van der Waals surface area contributed by atoms with Crippen molar-refractivity contribution in [1.82, 2.24) is 10.3 Å². The van der Waals surface area contributed by atoms with Gasteiger partial charge in [-0.05, 0) is 37.6 Å². The van der Waals surface area contributed by atoms with E-state index in [1.54, 1.807) is 11.3 Å². The highest BCUT2D eigenvalue weighted by Crippen LogP contribution is 2.38. The van der Waals surface area contributed by atoms with Crippen LogP contribution in [-0.2, 0) is 6.42 Å². The molecule has 1 aliphatic rings. The summed E-state index contributed by atoms with van der Waals surface area (Å²) in [4.78, 5) is 4.47. The van der Waals surface area contributed by atoms with Gasteiger partial charge in [0.1, 0.15) is 0 Å². The van der Waals surface area contributed by atoms with Crippen LogP contribution < -0.4 is 5.32 Å². The molecule has 1 aromatic heterocycles. The average Bonchev–Trinajstić information content (AvgIpc) is 2.83. The molecule has 0 bridgehead atoms. The van der Waals surface area contributed by atoms with Crippen molar-refractivity contribution in [2.75, 3.05) is 13.1 Å². The van der Waals surface area contributed by atoms with Gasteiger partial charge in [0.2, 0.25) is 0 Å². The molecule has 2 rings (SSSR count). The summed E-state index contributed by atoms with van der Waals surface area (Å²) in [7, 11) is 0. The Morgan fingerprint density at radius 3 is 2.82 bits per heavy atom. The number of thiazole rings is 1. The number of hydrogen-bond acceptors (Lipinski definition) is 3. The lowest BCUT2D eigenvalue weighted by Gasteiger charge is -2.37. The van der Waals surface area contributed by atoms with Crippen molar-refractivity contribution in [3.63, 3.8) is 0 Å². The Morgan fingerprint density at radius 1 is 1.35 bits per heavy atom. The number of hydrogen-bond donors (Lipinski definition) is 1. The fraction of sp³-hybridized carbons (Fsp3) is 0.786. The van der Waals surface area contributed by atoms with E-state index in [1.165, 1.54) is 57.2 Å². The molecule has 3 heteroatoms. The van der Waals surface area contributed by atoms with Crippen LogP contribution >= 0.6 is 11.3 Å². The van der Waals surface area contributed by atoms with Gasteiger partial charge in [-0.1, -0.05) is 26.2 Å². The molecular weight excluding hydrogens is 228 g/mol. The number of nitrogens with zero attached hydrogens (tertiary/aromatic N) is 1. The minimum Gasteiger partial charge on any atom is -0.316 e. The molecule has 0 atom stereocenters. The van der Waals surface area contributed by atoms with Crippen molar-refractivity contribution < 1.29 is 0 Å². The van der Waals surface area contributed by atoms with Crippen LogP contribution in [-0.4, -0.2) is 18.1 Å². The first-order valence-corrected chi connectivity index (χ1v) is 7.87. The van der Waals surface area contributed by atoms with Crippen molar-refractivity contribution in [2.45, 2.75) is 51.9 Å². The van der Waals surface area contributed by atoms with Gasteiger partial charge in [-0.15, -0.1) is 11.3 Å². The molecule has 1 fully saturated rings. The van der Waals surface area contributed by atoms with Crippen LogP contribution in [0.4, 0.5) is 0 Å². The molecule has 0 unspecified atom stereocenters. The van der Waals surface area contributed by atoms with Crippen LogP contribution in [0, 0.1) is 5.41 Å². The number of nitrogens with one attached hydrogen (secondary N) is 1. The molecule has 1 heterocycles. The van der Waals surface area contributed by atoms with Crippen LogP contribution in [0.25, 0.3) is 0 Å². The number of aromatic nitrogens is 1. The Kier molecular flexibility index (Phi) is 4.99. The third-order valence-electron chi connectivity index (χ3n) is 3.88. The zero-order valence-electron chi connectivity index (χ0n) is 10.9. The molecule has 0 aliphatic heterocycles. The van der Waals surface area contributed by atoms with Gasteiger partial charge in [0.25, 0.3) is 0 Å². The van der Waals surface area contributed by atoms with Crippen LogP contribution in [0.15, 0.2) is 10.9 Å². The summed E-state index contributed by atoms with van der Waals surface area (Å²) in [5.74, 6) is 0. The molecular formula is C14H24N2S. The van der Waals surface area contributed by atoms with Crippen molar-refractivity contribution >= 4 is 11.3 Å². The van der Waals surface area contributed by atoms with Gasteiger partial charge in [-0.3, -0.25) is 0 Å². The Morgan fingerprint density at radius 2 is 2.18 bits per heavy atom. The van der Waals surface area contributed by atoms with Crippen LogP contribution in [0.3, 0.4) is 0 Å². The highest BCUT2D eigenvalue weighted by Gasteiger charge is 2.32. The monoisotopic (exact) mass is 252 g/mol. The zero-order valence-corrected chi connectivity index (χ0v) is 11.7. The summed E-state index contributed by atoms with van der Waals surface area (Å²) in [5, 5.41) is 5.85. The summed E-state index contributed by atoms with van der Waals surface area (Å²) in [6.45, 7) is 4.57. The van der Waals surface area contributed by atoms with Gasteiger partial charge in [0.05, 0.1) is 11.2 Å². The quantitative estimate of drug-likeness (QED) is 0.782. The molecule has 0 amide bonds. The maximum absolute atomic E-state index is 4.47. The van der Waals surface area contributed by atoms with Gasteiger partial charge in [-0.25, -0.2) is 4.98 Å². The van der Waals surface area contributed by atoms with Crippen LogP contribution in [0.2, 0.25) is 0 Å². The molecule has 0 spiro atoms. The van der Waals surface area contributed by atoms with Gasteiger partial charge in [-0.2, -0.15) is 0 Å². The normalized spacial score (nSPS) is 19.4. The van der Waals surface area contributed by atoms with Crippen LogP contribution in [0.1, 0.15) is 51.1 Å². The molecule has 17 heavy (non-hydrogen) atoms. The van der Waals surface area contributed by atoms with E-state index in [0.717, 1.165) is 6.54 Å². The smallest absolute Gasteiger partial charge is 0.0794 e. The fourth-order valence-corrected chi connectivity index (χ4v) is 3.52. The fourth-order valence-electron chi connectivity index (χ4n) is 2.96. The molecule has 0 aromatic carbocycles. The van der Waals surface area contributed by atoms with E-state index >= 15 is 0 Å². The lowest BCUT2D eigenvalue weighted by Crippen LogP contribution is -2.38. The standard InChI is InChI=1S/C14H24N2S/c1-2-8-15-11-14(6-4-3-5-7-14)9-13-10-17-12-16-13/h10,12,15H,2-9,11H2,1H3. The van der Waals surface area contributed by atoms with Crippen LogP contribution in [0.5, 0.6) is 0 Å². The second kappa shape index (κ2) is 6.50. The first-order chi connectivity index (χ1) is 8.35. The maximum atomic E-state index is 4.47. The summed E-state index contributed by atoms with van der Waals surface area (Å²) < 4.78 is 0. The molecule has 96 valence electrons. The second-order valence-electron chi connectivity index (χ2n) is 5.39. The second-order valence-corrected chi connectivity index (χ2v) is 6.11. The predicted molar refractivity (Wildman–Crippen MR) is 74.5 cm³/mol. The largest absolute Gasteiger partial charge is 0.316 e. The Labute approximate surface area is 109 Å². The topological polar surface area (TPSA) is 24.9 Å². The van der Waals surface area contributed by atoms with Crippen molar-refractivity contribution in [3.05, 3.63) is 16.6 Å². The summed E-state index contributed by atoms with van der Waals surface area (Å²) in [5.41, 5.74) is 3.75. The van der Waals surface area contributed by atoms with Gasteiger partial charge in [0.15, 0.2) is 0 Å². The molecule has 0 radical (unpaired) electrons. The third kappa shape index (κ3) is 3.78. The SMILES string of the molecule is CCCNCC1(Cc2cscn2)CCCCC1. The van der Waals surface area contributed by atoms with E-state index in [0.29, 0.717) is 5.41 Å². The van der Waals surface area contributed by atoms with E-state index in [-0.39, 0.29) is 0 Å². The van der Waals surface area contributed by atoms with Gasteiger partial charge < -0.3 is 5.32 Å². The zero-order chi connectivity index (χ0) is 12.0. The summed E-state index contributed by atoms with van der Waals surface area (Å²) >= 11 is 1.72. The molecule has 1 saturated carbocycles. The average molecular weight is 252 g/mol. The minimum atomic E-state index is 0.488. The molecule has 1 N–H and O–H groups in total. The molecule has 1 aliphatic carbocycles. The van der Waals surface area contributed by atoms with Gasteiger partial charge in [0, 0.05) is 11.9 Å². The lowest BCUT2D eigenvalue weighted by molar-refractivity contribution is 0.179. The Bertz CT molecular complexity index is 302. The summed E-state index contributed by atoms with van der Waals surface area (Å²) in [6.07, 6.45) is 9.38. The molecule has 1 aromatic rings. The minimum absolute atomic E-state index is 0.488. The third-order valence-corrected chi connectivity index (χ3v) is 4.52.